The van der Waals surface area contributed by atoms with E-state index < -0.39 is 11.9 Å². The maximum atomic E-state index is 10.9. The van der Waals surface area contributed by atoms with Crippen LogP contribution in [-0.4, -0.2) is 59.9 Å². The molecule has 2 N–H and O–H groups in total. The van der Waals surface area contributed by atoms with Gasteiger partial charge in [0.15, 0.2) is 5.76 Å². The molecular formula is C18H23NO4. The Bertz CT molecular complexity index is 668. The van der Waals surface area contributed by atoms with Gasteiger partial charge < -0.3 is 24.6 Å². The van der Waals surface area contributed by atoms with Crippen molar-refractivity contribution in [3.8, 4) is 0 Å². The van der Waals surface area contributed by atoms with Crippen LogP contribution >= 0.6 is 0 Å². The second-order valence-corrected chi connectivity index (χ2v) is 7.61. The van der Waals surface area contributed by atoms with Crippen molar-refractivity contribution in [2.45, 2.75) is 43.3 Å². The molecule has 5 aliphatic rings. The van der Waals surface area contributed by atoms with Gasteiger partial charge in [0.1, 0.15) is 12.2 Å². The van der Waals surface area contributed by atoms with Crippen molar-refractivity contribution >= 4 is 0 Å². The Labute approximate surface area is 135 Å². The molecule has 0 aromatic carbocycles. The number of likely N-dealkylation sites (tertiary alicyclic amines) is 1. The van der Waals surface area contributed by atoms with Gasteiger partial charge in [-0.3, -0.25) is 0 Å². The van der Waals surface area contributed by atoms with Gasteiger partial charge in [-0.15, -0.1) is 0 Å². The van der Waals surface area contributed by atoms with Crippen molar-refractivity contribution in [1.29, 1.82) is 0 Å². The van der Waals surface area contributed by atoms with Crippen LogP contribution < -0.4 is 0 Å². The van der Waals surface area contributed by atoms with Crippen molar-refractivity contribution in [2.24, 2.45) is 11.3 Å². The summed E-state index contributed by atoms with van der Waals surface area (Å²) in [7, 11) is 3.70. The summed E-state index contributed by atoms with van der Waals surface area (Å²) < 4.78 is 11.6. The molecule has 0 radical (unpaired) electrons. The second-order valence-electron chi connectivity index (χ2n) is 7.61. The molecule has 1 saturated carbocycles. The van der Waals surface area contributed by atoms with Crippen molar-refractivity contribution in [3.05, 3.63) is 35.1 Å². The lowest BCUT2D eigenvalue weighted by Gasteiger charge is -2.58. The number of aliphatic hydroxyl groups is 2. The average Bonchev–Trinajstić information content (AvgIpc) is 2.91. The van der Waals surface area contributed by atoms with Crippen molar-refractivity contribution in [2.75, 3.05) is 20.7 Å². The first-order valence-electron chi connectivity index (χ1n) is 8.47. The molecule has 6 atom stereocenters. The van der Waals surface area contributed by atoms with Gasteiger partial charge in [0.25, 0.3) is 0 Å². The maximum absolute atomic E-state index is 10.9. The summed E-state index contributed by atoms with van der Waals surface area (Å²) in [5.41, 5.74) is 2.17. The predicted molar refractivity (Wildman–Crippen MR) is 83.3 cm³/mol. The first kappa shape index (κ1) is 14.2. The van der Waals surface area contributed by atoms with Crippen LogP contribution in [0.5, 0.6) is 0 Å². The van der Waals surface area contributed by atoms with Gasteiger partial charge >= 0.3 is 0 Å². The zero-order valence-corrected chi connectivity index (χ0v) is 13.5. The molecule has 2 heterocycles. The van der Waals surface area contributed by atoms with Crippen molar-refractivity contribution in [1.82, 2.24) is 4.90 Å². The van der Waals surface area contributed by atoms with E-state index in [1.54, 1.807) is 0 Å². The first-order chi connectivity index (χ1) is 11.0. The summed E-state index contributed by atoms with van der Waals surface area (Å²) in [6.45, 7) is 0.983. The standard InChI is InChI=1S/C18H23NO4/c1-19-8-7-17-11-3-4-13(20)15(17)23-16-14(17)10(9-12(11)19)5-6-18(16,21)22-2/h3-5,11-13,15,20-21H,6-9H2,1-2H3/t11-,12+,13+,15+,17+,18?/m1/s1. The minimum absolute atomic E-state index is 0.225. The number of ether oxygens (including phenoxy) is 2. The first-order valence-corrected chi connectivity index (χ1v) is 8.47. The van der Waals surface area contributed by atoms with Crippen LogP contribution in [0.1, 0.15) is 19.3 Å². The molecule has 1 unspecified atom stereocenters. The zero-order chi connectivity index (χ0) is 16.0. The molecule has 0 aromatic heterocycles. The van der Waals surface area contributed by atoms with Gasteiger partial charge in [-0.25, -0.2) is 0 Å². The topological polar surface area (TPSA) is 62.2 Å². The molecule has 0 aromatic rings. The van der Waals surface area contributed by atoms with Crippen LogP contribution in [0.15, 0.2) is 35.1 Å². The smallest absolute Gasteiger partial charge is 0.228 e. The molecule has 2 aliphatic heterocycles. The van der Waals surface area contributed by atoms with Crippen LogP contribution in [0.3, 0.4) is 0 Å². The molecule has 3 aliphatic carbocycles. The molecule has 1 saturated heterocycles. The van der Waals surface area contributed by atoms with E-state index in [0.717, 1.165) is 25.0 Å². The van der Waals surface area contributed by atoms with Gasteiger partial charge in [-0.2, -0.15) is 0 Å². The predicted octanol–water partition coefficient (Wildman–Crippen LogP) is 0.946. The summed E-state index contributed by atoms with van der Waals surface area (Å²) in [4.78, 5) is 2.43. The molecule has 124 valence electrons. The van der Waals surface area contributed by atoms with Crippen molar-refractivity contribution in [3.63, 3.8) is 0 Å². The number of hydrogen-bond donors (Lipinski definition) is 2. The Morgan fingerprint density at radius 3 is 3.00 bits per heavy atom. The van der Waals surface area contributed by atoms with Crippen LogP contribution in [0, 0.1) is 11.3 Å². The summed E-state index contributed by atoms with van der Waals surface area (Å²) in [5.74, 6) is -0.525. The van der Waals surface area contributed by atoms with E-state index in [0.29, 0.717) is 24.1 Å². The highest BCUT2D eigenvalue weighted by Crippen LogP contribution is 2.65. The van der Waals surface area contributed by atoms with Gasteiger partial charge in [0, 0.05) is 36.5 Å². The molecule has 5 rings (SSSR count). The van der Waals surface area contributed by atoms with E-state index in [1.807, 2.05) is 6.08 Å². The number of methoxy groups -OCH3 is 1. The molecule has 2 fully saturated rings. The maximum Gasteiger partial charge on any atom is 0.228 e. The average molecular weight is 317 g/mol. The normalized spacial score (nSPS) is 50.5. The van der Waals surface area contributed by atoms with E-state index in [2.05, 4.69) is 24.1 Å². The Balaban J connectivity index is 1.76. The monoisotopic (exact) mass is 317 g/mol. The molecule has 5 heteroatoms. The summed E-state index contributed by atoms with van der Waals surface area (Å²) in [5, 5.41) is 21.5. The molecule has 5 nitrogen and oxygen atoms in total. The Kier molecular flexibility index (Phi) is 2.65. The zero-order valence-electron chi connectivity index (χ0n) is 13.5. The van der Waals surface area contributed by atoms with Crippen LogP contribution in [0.2, 0.25) is 0 Å². The SMILES string of the molecule is COC1(O)CC=C2C[C@H]3[C@H]4C=C[C@H](O)[C@@H]5OC1=C2[C@]45CCN3C. The lowest BCUT2D eigenvalue weighted by Crippen LogP contribution is -2.62. The number of nitrogens with zero attached hydrogens (tertiary/aromatic N) is 1. The Morgan fingerprint density at radius 1 is 1.39 bits per heavy atom. The fourth-order valence-electron chi connectivity index (χ4n) is 5.65. The lowest BCUT2D eigenvalue weighted by molar-refractivity contribution is -0.190. The summed E-state index contributed by atoms with van der Waals surface area (Å²) in [6.07, 6.45) is 7.53. The third kappa shape index (κ3) is 1.48. The van der Waals surface area contributed by atoms with E-state index in [-0.39, 0.29) is 11.5 Å². The van der Waals surface area contributed by atoms with Gasteiger partial charge in [-0.05, 0) is 32.0 Å². The minimum atomic E-state index is -1.40. The fraction of sp³-hybridized carbons (Fsp3) is 0.667. The van der Waals surface area contributed by atoms with E-state index in [4.69, 9.17) is 9.47 Å². The van der Waals surface area contributed by atoms with E-state index >= 15 is 0 Å². The van der Waals surface area contributed by atoms with Gasteiger partial charge in [0.2, 0.25) is 5.79 Å². The third-order valence-electron chi connectivity index (χ3n) is 6.79. The largest absolute Gasteiger partial charge is 0.485 e. The fourth-order valence-corrected chi connectivity index (χ4v) is 5.65. The van der Waals surface area contributed by atoms with Gasteiger partial charge in [0.05, 0.1) is 0 Å². The third-order valence-corrected chi connectivity index (χ3v) is 6.79. The second kappa shape index (κ2) is 4.28. The number of rotatable bonds is 1. The van der Waals surface area contributed by atoms with Gasteiger partial charge in [-0.1, -0.05) is 18.2 Å². The molecule has 2 bridgehead atoms. The van der Waals surface area contributed by atoms with E-state index in [1.165, 1.54) is 12.7 Å². The number of aliphatic hydroxyl groups excluding tert-OH is 1. The van der Waals surface area contributed by atoms with Crippen LogP contribution in [-0.2, 0) is 9.47 Å². The van der Waals surface area contributed by atoms with Crippen LogP contribution in [0.25, 0.3) is 0 Å². The highest BCUT2D eigenvalue weighted by molar-refractivity contribution is 5.54. The van der Waals surface area contributed by atoms with Crippen molar-refractivity contribution < 1.29 is 19.7 Å². The molecule has 23 heavy (non-hydrogen) atoms. The Morgan fingerprint density at radius 2 is 2.22 bits per heavy atom. The Hall–Kier alpha value is -1.14. The quantitative estimate of drug-likeness (QED) is 0.557. The molecule has 1 spiro atoms. The summed E-state index contributed by atoms with van der Waals surface area (Å²) >= 11 is 0. The number of piperidine rings is 1. The minimum Gasteiger partial charge on any atom is -0.485 e. The lowest BCUT2D eigenvalue weighted by atomic mass is 9.51. The number of hydrogen-bond acceptors (Lipinski definition) is 5. The molecule has 0 amide bonds. The van der Waals surface area contributed by atoms with Crippen LogP contribution in [0.4, 0.5) is 0 Å². The van der Waals surface area contributed by atoms with E-state index in [9.17, 15) is 10.2 Å². The molecular weight excluding hydrogens is 294 g/mol. The summed E-state index contributed by atoms with van der Waals surface area (Å²) in [6, 6.07) is 0.432. The highest BCUT2D eigenvalue weighted by atomic mass is 16.6. The highest BCUT2D eigenvalue weighted by Gasteiger charge is 2.67.